The van der Waals surface area contributed by atoms with Crippen LogP contribution in [0.1, 0.15) is 18.4 Å². The van der Waals surface area contributed by atoms with Crippen molar-refractivity contribution in [2.45, 2.75) is 19.3 Å². The predicted molar refractivity (Wildman–Crippen MR) is 84.3 cm³/mol. The Morgan fingerprint density at radius 1 is 1.14 bits per heavy atom. The lowest BCUT2D eigenvalue weighted by Gasteiger charge is -2.15. The van der Waals surface area contributed by atoms with Gasteiger partial charge in [0.05, 0.1) is 18.5 Å². The van der Waals surface area contributed by atoms with Gasteiger partial charge in [-0.2, -0.15) is 0 Å². The molecule has 3 rings (SSSR count). The first-order chi connectivity index (χ1) is 10.7. The Morgan fingerprint density at radius 3 is 2.73 bits per heavy atom. The van der Waals surface area contributed by atoms with Gasteiger partial charge >= 0.3 is 0 Å². The molecule has 0 atom stereocenters. The molecule has 1 N–H and O–H groups in total. The summed E-state index contributed by atoms with van der Waals surface area (Å²) in [5.41, 5.74) is 1.72. The molecule has 0 unspecified atom stereocenters. The number of fused-ring (bicyclic) bond motifs is 1. The molecule has 2 aromatic rings. The molecule has 0 spiro atoms. The molecule has 0 radical (unpaired) electrons. The largest absolute Gasteiger partial charge is 0.347 e. The van der Waals surface area contributed by atoms with E-state index in [1.54, 1.807) is 11.1 Å². The van der Waals surface area contributed by atoms with E-state index in [9.17, 15) is 9.59 Å². The number of benzene rings is 1. The highest BCUT2D eigenvalue weighted by Crippen LogP contribution is 2.16. The minimum atomic E-state index is -0.148. The molecule has 114 valence electrons. The third-order valence-electron chi connectivity index (χ3n) is 3.96. The van der Waals surface area contributed by atoms with Gasteiger partial charge in [-0.05, 0) is 24.5 Å². The van der Waals surface area contributed by atoms with Gasteiger partial charge in [-0.3, -0.25) is 14.6 Å². The first-order valence-electron chi connectivity index (χ1n) is 7.61. The van der Waals surface area contributed by atoms with Crippen molar-refractivity contribution in [3.8, 4) is 0 Å². The third-order valence-corrected chi connectivity index (χ3v) is 3.96. The van der Waals surface area contributed by atoms with Gasteiger partial charge in [-0.1, -0.05) is 24.3 Å². The number of likely N-dealkylation sites (tertiary alicyclic amines) is 1. The van der Waals surface area contributed by atoms with E-state index in [1.165, 1.54) is 0 Å². The average molecular weight is 297 g/mol. The SMILES string of the molecule is O=C(Cc1cccc2cccnc12)NCC(=O)N1CCCC1. The molecule has 2 heterocycles. The zero-order chi connectivity index (χ0) is 15.4. The van der Waals surface area contributed by atoms with Crippen LogP contribution in [-0.4, -0.2) is 41.3 Å². The molecule has 1 saturated heterocycles. The van der Waals surface area contributed by atoms with Crippen LogP contribution in [0.15, 0.2) is 36.5 Å². The van der Waals surface area contributed by atoms with Gasteiger partial charge < -0.3 is 10.2 Å². The van der Waals surface area contributed by atoms with E-state index in [0.717, 1.165) is 42.4 Å². The number of pyridine rings is 1. The van der Waals surface area contributed by atoms with Crippen LogP contribution in [0.5, 0.6) is 0 Å². The molecule has 1 fully saturated rings. The highest BCUT2D eigenvalue weighted by molar-refractivity contribution is 5.89. The minimum Gasteiger partial charge on any atom is -0.347 e. The lowest BCUT2D eigenvalue weighted by Crippen LogP contribution is -2.39. The number of hydrogen-bond donors (Lipinski definition) is 1. The van der Waals surface area contributed by atoms with Crippen molar-refractivity contribution in [2.24, 2.45) is 0 Å². The second-order valence-corrected chi connectivity index (χ2v) is 5.53. The van der Waals surface area contributed by atoms with E-state index in [2.05, 4.69) is 10.3 Å². The normalized spacial score (nSPS) is 14.3. The van der Waals surface area contributed by atoms with Gasteiger partial charge in [0.15, 0.2) is 0 Å². The van der Waals surface area contributed by atoms with Crippen molar-refractivity contribution in [2.75, 3.05) is 19.6 Å². The van der Waals surface area contributed by atoms with E-state index in [0.29, 0.717) is 0 Å². The maximum atomic E-state index is 12.1. The molecule has 0 aliphatic carbocycles. The predicted octanol–water partition coefficient (Wildman–Crippen LogP) is 1.52. The number of carbonyl (C=O) groups excluding carboxylic acids is 2. The highest BCUT2D eigenvalue weighted by Gasteiger charge is 2.18. The summed E-state index contributed by atoms with van der Waals surface area (Å²) in [6.45, 7) is 1.70. The van der Waals surface area contributed by atoms with Crippen LogP contribution in [0, 0.1) is 0 Å². The highest BCUT2D eigenvalue weighted by atomic mass is 16.2. The Balaban J connectivity index is 1.60. The van der Waals surface area contributed by atoms with Crippen LogP contribution >= 0.6 is 0 Å². The van der Waals surface area contributed by atoms with E-state index < -0.39 is 0 Å². The zero-order valence-corrected chi connectivity index (χ0v) is 12.4. The van der Waals surface area contributed by atoms with Crippen LogP contribution in [-0.2, 0) is 16.0 Å². The fourth-order valence-corrected chi connectivity index (χ4v) is 2.80. The van der Waals surface area contributed by atoms with Gasteiger partial charge in [0.1, 0.15) is 0 Å². The Hall–Kier alpha value is -2.43. The smallest absolute Gasteiger partial charge is 0.241 e. The zero-order valence-electron chi connectivity index (χ0n) is 12.4. The molecule has 1 aliphatic rings. The maximum Gasteiger partial charge on any atom is 0.241 e. The van der Waals surface area contributed by atoms with E-state index in [4.69, 9.17) is 0 Å². The van der Waals surface area contributed by atoms with E-state index in [-0.39, 0.29) is 24.8 Å². The molecule has 1 aliphatic heterocycles. The summed E-state index contributed by atoms with van der Waals surface area (Å²) in [6.07, 6.45) is 4.07. The number of aromatic nitrogens is 1. The van der Waals surface area contributed by atoms with Crippen molar-refractivity contribution in [1.82, 2.24) is 15.2 Å². The van der Waals surface area contributed by atoms with Crippen molar-refractivity contribution in [1.29, 1.82) is 0 Å². The molecular weight excluding hydrogens is 278 g/mol. The molecule has 0 bridgehead atoms. The van der Waals surface area contributed by atoms with Gasteiger partial charge in [-0.25, -0.2) is 0 Å². The standard InChI is InChI=1S/C17H19N3O2/c21-15(19-12-16(22)20-9-1-2-10-20)11-14-6-3-5-13-7-4-8-18-17(13)14/h3-8H,1-2,9-12H2,(H,19,21). The maximum absolute atomic E-state index is 12.1. The number of amides is 2. The van der Waals surface area contributed by atoms with Gasteiger partial charge in [-0.15, -0.1) is 0 Å². The number of nitrogens with zero attached hydrogens (tertiary/aromatic N) is 2. The second kappa shape index (κ2) is 6.56. The fourth-order valence-electron chi connectivity index (χ4n) is 2.80. The third kappa shape index (κ3) is 3.24. The van der Waals surface area contributed by atoms with E-state index >= 15 is 0 Å². The van der Waals surface area contributed by atoms with E-state index in [1.807, 2.05) is 30.3 Å². The number of para-hydroxylation sites is 1. The first kappa shape index (κ1) is 14.5. The number of hydrogen-bond acceptors (Lipinski definition) is 3. The topological polar surface area (TPSA) is 62.3 Å². The lowest BCUT2D eigenvalue weighted by atomic mass is 10.1. The van der Waals surface area contributed by atoms with Crippen molar-refractivity contribution in [3.63, 3.8) is 0 Å². The fraction of sp³-hybridized carbons (Fsp3) is 0.353. The van der Waals surface area contributed by atoms with Crippen molar-refractivity contribution >= 4 is 22.7 Å². The van der Waals surface area contributed by atoms with Crippen molar-refractivity contribution in [3.05, 3.63) is 42.1 Å². The Labute approximate surface area is 129 Å². The minimum absolute atomic E-state index is 0.00175. The van der Waals surface area contributed by atoms with Gasteiger partial charge in [0, 0.05) is 24.7 Å². The lowest BCUT2D eigenvalue weighted by molar-refractivity contribution is -0.131. The summed E-state index contributed by atoms with van der Waals surface area (Å²) in [5.74, 6) is -0.146. The van der Waals surface area contributed by atoms with Gasteiger partial charge in [0.25, 0.3) is 0 Å². The van der Waals surface area contributed by atoms with Crippen LogP contribution < -0.4 is 5.32 Å². The molecule has 5 nitrogen and oxygen atoms in total. The molecular formula is C17H19N3O2. The summed E-state index contributed by atoms with van der Waals surface area (Å²) in [6, 6.07) is 9.64. The first-order valence-corrected chi connectivity index (χ1v) is 7.61. The van der Waals surface area contributed by atoms with Crippen LogP contribution in [0.2, 0.25) is 0 Å². The van der Waals surface area contributed by atoms with Crippen LogP contribution in [0.25, 0.3) is 10.9 Å². The van der Waals surface area contributed by atoms with Gasteiger partial charge in [0.2, 0.25) is 11.8 Å². The summed E-state index contributed by atoms with van der Waals surface area (Å²) in [4.78, 5) is 30.1. The average Bonchev–Trinajstić information content (AvgIpc) is 3.07. The molecule has 2 amide bonds. The number of rotatable bonds is 4. The molecule has 1 aromatic heterocycles. The Morgan fingerprint density at radius 2 is 1.91 bits per heavy atom. The summed E-state index contributed by atoms with van der Waals surface area (Å²) in [5, 5.41) is 3.73. The number of carbonyl (C=O) groups is 2. The number of nitrogens with one attached hydrogen (secondary N) is 1. The second-order valence-electron chi connectivity index (χ2n) is 5.53. The Bertz CT molecular complexity index is 688. The Kier molecular flexibility index (Phi) is 4.32. The summed E-state index contributed by atoms with van der Waals surface area (Å²) < 4.78 is 0. The quantitative estimate of drug-likeness (QED) is 0.930. The summed E-state index contributed by atoms with van der Waals surface area (Å²) >= 11 is 0. The van der Waals surface area contributed by atoms with Crippen molar-refractivity contribution < 1.29 is 9.59 Å². The van der Waals surface area contributed by atoms with Crippen LogP contribution in [0.3, 0.4) is 0 Å². The summed E-state index contributed by atoms with van der Waals surface area (Å²) in [7, 11) is 0. The molecule has 5 heteroatoms. The van der Waals surface area contributed by atoms with Crippen LogP contribution in [0.4, 0.5) is 0 Å². The molecule has 1 aromatic carbocycles. The molecule has 0 saturated carbocycles. The molecule has 22 heavy (non-hydrogen) atoms. The monoisotopic (exact) mass is 297 g/mol.